The summed E-state index contributed by atoms with van der Waals surface area (Å²) in [6.07, 6.45) is 12.7. The van der Waals surface area contributed by atoms with Crippen LogP contribution in [0.15, 0.2) is 0 Å². The summed E-state index contributed by atoms with van der Waals surface area (Å²) < 4.78 is 28.6. The highest BCUT2D eigenvalue weighted by atomic mass is 32.2. The van der Waals surface area contributed by atoms with Crippen LogP contribution in [-0.2, 0) is 29.2 Å². The van der Waals surface area contributed by atoms with Gasteiger partial charge in [-0.1, -0.05) is 85.0 Å². The van der Waals surface area contributed by atoms with Crippen LogP contribution in [0.5, 0.6) is 0 Å². The highest BCUT2D eigenvalue weighted by Gasteiger charge is 2.69. The average molecular weight is 733 g/mol. The largest absolute Gasteiger partial charge is 0.347 e. The Labute approximate surface area is 303 Å². The molecule has 3 heterocycles. The van der Waals surface area contributed by atoms with Crippen LogP contribution < -0.4 is 21.3 Å². The SMILES string of the molecule is CCN1CC[C@@H](C2(NC(=O)N[C@@H]3CCCCCCCCC[C@H](C(=O)C(=O)NC4CC4)NC(=O)[C@@H]4[C@@H]5[C@H](CN4C3=O)C5(C)C)CCCCC2)S1(=O)=O. The van der Waals surface area contributed by atoms with Crippen molar-refractivity contribution in [3.63, 3.8) is 0 Å². The molecule has 6 aliphatic rings. The number of urea groups is 1. The van der Waals surface area contributed by atoms with Gasteiger partial charge >= 0.3 is 6.03 Å². The molecule has 0 aromatic heterocycles. The van der Waals surface area contributed by atoms with E-state index < -0.39 is 62.6 Å². The number of nitrogens with one attached hydrogen (secondary N) is 4. The molecular formula is C37H60N6O7S. The summed E-state index contributed by atoms with van der Waals surface area (Å²) in [5.74, 6) is -2.08. The topological polar surface area (TPSA) is 174 Å². The summed E-state index contributed by atoms with van der Waals surface area (Å²) in [5.41, 5.74) is -1.09. The second-order valence-corrected chi connectivity index (χ2v) is 18.9. The minimum atomic E-state index is -3.59. The molecule has 51 heavy (non-hydrogen) atoms. The van der Waals surface area contributed by atoms with Gasteiger partial charge in [0.25, 0.3) is 5.91 Å². The molecule has 0 bridgehead atoms. The van der Waals surface area contributed by atoms with Crippen LogP contribution in [0.2, 0.25) is 0 Å². The van der Waals surface area contributed by atoms with E-state index in [4.69, 9.17) is 0 Å². The molecule has 0 spiro atoms. The first-order valence-corrected chi connectivity index (χ1v) is 21.3. The van der Waals surface area contributed by atoms with Gasteiger partial charge in [0.05, 0.1) is 16.8 Å². The van der Waals surface area contributed by atoms with Gasteiger partial charge in [0, 0.05) is 25.7 Å². The molecule has 286 valence electrons. The number of piperidine rings is 1. The lowest BCUT2D eigenvalue weighted by atomic mass is 9.78. The van der Waals surface area contributed by atoms with Crippen LogP contribution >= 0.6 is 0 Å². The van der Waals surface area contributed by atoms with Crippen molar-refractivity contribution >= 4 is 39.6 Å². The summed E-state index contributed by atoms with van der Waals surface area (Å²) in [6, 6.07) is -3.23. The number of rotatable bonds is 7. The van der Waals surface area contributed by atoms with E-state index in [0.29, 0.717) is 58.2 Å². The van der Waals surface area contributed by atoms with Crippen molar-refractivity contribution in [2.24, 2.45) is 17.3 Å². The van der Waals surface area contributed by atoms with Crippen molar-refractivity contribution in [2.75, 3.05) is 19.6 Å². The molecule has 13 nitrogen and oxygen atoms in total. The second-order valence-electron chi connectivity index (χ2n) is 16.8. The van der Waals surface area contributed by atoms with Gasteiger partial charge in [0.1, 0.15) is 12.1 Å². The van der Waals surface area contributed by atoms with E-state index in [0.717, 1.165) is 70.6 Å². The Kier molecular flexibility index (Phi) is 11.4. The Balaban J connectivity index is 1.22. The van der Waals surface area contributed by atoms with Crippen molar-refractivity contribution in [2.45, 2.75) is 165 Å². The molecule has 6 fully saturated rings. The second kappa shape index (κ2) is 15.3. The number of Topliss-reactive ketones (excluding diaryl/α,β-unsaturated/α-hetero) is 1. The standard InChI is InChI=1S/C37H60N6O7S/c1-4-42-22-19-28(51(42,49)50)37(20-13-10-14-21-37)41-35(48)40-27-16-12-9-7-5-6-8-11-15-26(31(44)33(46)38-24-17-18-24)39-32(45)30-29-25(36(29,2)3)23-43(30)34(27)47/h24-30H,4-23H2,1-3H3,(H,38,46)(H,39,45)(H2,40,41,48)/t25-,26+,27+,28-,29-,30-/m0/s1. The van der Waals surface area contributed by atoms with Crippen molar-refractivity contribution in [1.29, 1.82) is 0 Å². The summed E-state index contributed by atoms with van der Waals surface area (Å²) in [5, 5.41) is 11.1. The average Bonchev–Trinajstić information content (AvgIpc) is 3.88. The monoisotopic (exact) mass is 732 g/mol. The Hall–Kier alpha value is -2.74. The van der Waals surface area contributed by atoms with E-state index in [1.54, 1.807) is 4.90 Å². The van der Waals surface area contributed by atoms with Crippen molar-refractivity contribution in [3.8, 4) is 0 Å². The Bertz CT molecular complexity index is 1460. The van der Waals surface area contributed by atoms with Gasteiger partial charge in [0.15, 0.2) is 0 Å². The zero-order valence-electron chi connectivity index (χ0n) is 30.8. The quantitative estimate of drug-likeness (QED) is 0.291. The molecule has 3 aliphatic heterocycles. The molecule has 0 aromatic rings. The number of ketones is 1. The van der Waals surface area contributed by atoms with Crippen molar-refractivity contribution in [3.05, 3.63) is 0 Å². The highest BCUT2D eigenvalue weighted by molar-refractivity contribution is 7.90. The van der Waals surface area contributed by atoms with E-state index in [1.807, 2.05) is 6.92 Å². The number of hydrogen-bond donors (Lipinski definition) is 4. The zero-order valence-corrected chi connectivity index (χ0v) is 31.7. The summed E-state index contributed by atoms with van der Waals surface area (Å²) >= 11 is 0. The first kappa shape index (κ1) is 38.0. The lowest BCUT2D eigenvalue weighted by Gasteiger charge is -2.42. The van der Waals surface area contributed by atoms with E-state index in [1.165, 1.54) is 4.31 Å². The van der Waals surface area contributed by atoms with E-state index in [9.17, 15) is 32.4 Å². The lowest BCUT2D eigenvalue weighted by Crippen LogP contribution is -2.64. The van der Waals surface area contributed by atoms with Gasteiger partial charge < -0.3 is 26.2 Å². The molecule has 5 amide bonds. The summed E-state index contributed by atoms with van der Waals surface area (Å²) in [6.45, 7) is 7.20. The lowest BCUT2D eigenvalue weighted by molar-refractivity contribution is -0.144. The van der Waals surface area contributed by atoms with Crippen LogP contribution in [0.1, 0.15) is 130 Å². The fraction of sp³-hybridized carbons (Fsp3) is 0.865. The van der Waals surface area contributed by atoms with Crippen LogP contribution in [0, 0.1) is 17.3 Å². The molecule has 0 aromatic carbocycles. The first-order valence-electron chi connectivity index (χ1n) is 19.8. The normalized spacial score (nSPS) is 34.1. The number of carbonyl (C=O) groups excluding carboxylic acids is 5. The van der Waals surface area contributed by atoms with Crippen molar-refractivity contribution < 1.29 is 32.4 Å². The fourth-order valence-corrected chi connectivity index (χ4v) is 12.1. The number of nitrogens with zero attached hydrogens (tertiary/aromatic N) is 2. The van der Waals surface area contributed by atoms with E-state index in [-0.39, 0.29) is 29.2 Å². The molecule has 0 radical (unpaired) electrons. The molecule has 3 saturated heterocycles. The maximum Gasteiger partial charge on any atom is 0.315 e. The number of hydrogen-bond acceptors (Lipinski definition) is 7. The number of sulfonamides is 1. The fourth-order valence-electron chi connectivity index (χ4n) is 9.77. The summed E-state index contributed by atoms with van der Waals surface area (Å²) in [7, 11) is -3.59. The smallest absolute Gasteiger partial charge is 0.315 e. The third-order valence-electron chi connectivity index (χ3n) is 13.1. The van der Waals surface area contributed by atoms with Gasteiger partial charge in [-0.25, -0.2) is 17.5 Å². The third-order valence-corrected chi connectivity index (χ3v) is 15.6. The molecule has 3 saturated carbocycles. The molecule has 14 heteroatoms. The minimum absolute atomic E-state index is 0.0162. The molecule has 3 aliphatic carbocycles. The highest BCUT2D eigenvalue weighted by Crippen LogP contribution is 2.65. The molecule has 4 N–H and O–H groups in total. The van der Waals surface area contributed by atoms with Crippen LogP contribution in [0.25, 0.3) is 0 Å². The van der Waals surface area contributed by atoms with Gasteiger partial charge in [-0.2, -0.15) is 0 Å². The van der Waals surface area contributed by atoms with Crippen molar-refractivity contribution in [1.82, 2.24) is 30.5 Å². The molecule has 6 atom stereocenters. The van der Waals surface area contributed by atoms with Crippen LogP contribution in [-0.4, -0.2) is 102 Å². The predicted molar refractivity (Wildman–Crippen MR) is 192 cm³/mol. The predicted octanol–water partition coefficient (Wildman–Crippen LogP) is 3.12. The van der Waals surface area contributed by atoms with Gasteiger partial charge in [-0.15, -0.1) is 0 Å². The van der Waals surface area contributed by atoms with E-state index in [2.05, 4.69) is 35.1 Å². The van der Waals surface area contributed by atoms with Crippen LogP contribution in [0.4, 0.5) is 4.79 Å². The molecular weight excluding hydrogens is 673 g/mol. The Morgan fingerprint density at radius 2 is 1.47 bits per heavy atom. The number of fused-ring (bicyclic) bond motifs is 3. The number of carbonyl (C=O) groups is 5. The Morgan fingerprint density at radius 1 is 0.843 bits per heavy atom. The van der Waals surface area contributed by atoms with Crippen LogP contribution in [0.3, 0.4) is 0 Å². The maximum atomic E-state index is 14.5. The Morgan fingerprint density at radius 3 is 2.10 bits per heavy atom. The zero-order chi connectivity index (χ0) is 36.6. The van der Waals surface area contributed by atoms with Gasteiger partial charge in [-0.05, 0) is 62.2 Å². The molecule has 6 rings (SSSR count). The van der Waals surface area contributed by atoms with Gasteiger partial charge in [-0.3, -0.25) is 19.2 Å². The summed E-state index contributed by atoms with van der Waals surface area (Å²) in [4.78, 5) is 70.4. The number of amides is 5. The minimum Gasteiger partial charge on any atom is -0.347 e. The van der Waals surface area contributed by atoms with E-state index >= 15 is 0 Å². The van der Waals surface area contributed by atoms with Gasteiger partial charge in [0.2, 0.25) is 27.6 Å². The maximum absolute atomic E-state index is 14.5. The third kappa shape index (κ3) is 7.96. The first-order chi connectivity index (χ1) is 24.3. The molecule has 0 unspecified atom stereocenters.